The van der Waals surface area contributed by atoms with E-state index >= 15 is 0 Å². The standard InChI is InChI=1S/C13H13ClN2O3S2/c1-16(8-9-3-2-6-19-9)21(17,18)10-4-5-11(13(15)20)12(14)7-10/h2-7H,8H2,1H3,(H2,15,20). The van der Waals surface area contributed by atoms with Crippen LogP contribution in [0.2, 0.25) is 5.02 Å². The van der Waals surface area contributed by atoms with Gasteiger partial charge in [-0.15, -0.1) is 0 Å². The van der Waals surface area contributed by atoms with Crippen LogP contribution in [0.1, 0.15) is 11.3 Å². The van der Waals surface area contributed by atoms with Gasteiger partial charge in [0.1, 0.15) is 10.7 Å². The van der Waals surface area contributed by atoms with Crippen LogP contribution in [0.4, 0.5) is 0 Å². The Morgan fingerprint density at radius 3 is 2.67 bits per heavy atom. The molecule has 5 nitrogen and oxygen atoms in total. The highest BCUT2D eigenvalue weighted by Crippen LogP contribution is 2.23. The van der Waals surface area contributed by atoms with Crippen molar-refractivity contribution in [1.82, 2.24) is 4.31 Å². The number of rotatable bonds is 5. The molecule has 0 aliphatic rings. The zero-order chi connectivity index (χ0) is 15.6. The van der Waals surface area contributed by atoms with Gasteiger partial charge in [0.15, 0.2) is 0 Å². The molecule has 0 saturated heterocycles. The molecular weight excluding hydrogens is 332 g/mol. The lowest BCUT2D eigenvalue weighted by Gasteiger charge is -2.16. The molecule has 2 N–H and O–H groups in total. The smallest absolute Gasteiger partial charge is 0.243 e. The Morgan fingerprint density at radius 2 is 2.14 bits per heavy atom. The second kappa shape index (κ2) is 6.15. The van der Waals surface area contributed by atoms with Gasteiger partial charge < -0.3 is 10.2 Å². The Labute approximate surface area is 133 Å². The van der Waals surface area contributed by atoms with Crippen molar-refractivity contribution >= 4 is 38.8 Å². The third kappa shape index (κ3) is 3.44. The maximum Gasteiger partial charge on any atom is 0.243 e. The summed E-state index contributed by atoms with van der Waals surface area (Å²) in [5.74, 6) is 0.548. The average molecular weight is 345 g/mol. The van der Waals surface area contributed by atoms with Crippen molar-refractivity contribution in [3.05, 3.63) is 52.9 Å². The topological polar surface area (TPSA) is 76.5 Å². The number of furan rings is 1. The highest BCUT2D eigenvalue weighted by atomic mass is 35.5. The molecule has 0 aliphatic carbocycles. The molecule has 0 fully saturated rings. The highest BCUT2D eigenvalue weighted by molar-refractivity contribution is 7.89. The van der Waals surface area contributed by atoms with Gasteiger partial charge in [-0.3, -0.25) is 0 Å². The molecule has 2 rings (SSSR count). The predicted octanol–water partition coefficient (Wildman–Crippen LogP) is 2.39. The number of hydrogen-bond acceptors (Lipinski definition) is 4. The minimum Gasteiger partial charge on any atom is -0.468 e. The number of sulfonamides is 1. The lowest BCUT2D eigenvalue weighted by atomic mass is 10.2. The minimum atomic E-state index is -3.68. The first-order chi connectivity index (χ1) is 9.82. The molecule has 0 saturated carbocycles. The third-order valence-electron chi connectivity index (χ3n) is 2.87. The van der Waals surface area contributed by atoms with Crippen LogP contribution in [0.5, 0.6) is 0 Å². The van der Waals surface area contributed by atoms with Crippen LogP contribution in [-0.4, -0.2) is 24.8 Å². The van der Waals surface area contributed by atoms with Gasteiger partial charge in [-0.25, -0.2) is 8.42 Å². The SMILES string of the molecule is CN(Cc1ccco1)S(=O)(=O)c1ccc(C(N)=S)c(Cl)c1. The largest absolute Gasteiger partial charge is 0.468 e. The molecule has 2 aromatic rings. The van der Waals surface area contributed by atoms with Gasteiger partial charge >= 0.3 is 0 Å². The molecule has 0 amide bonds. The molecule has 0 radical (unpaired) electrons. The van der Waals surface area contributed by atoms with E-state index < -0.39 is 10.0 Å². The quantitative estimate of drug-likeness (QED) is 0.843. The van der Waals surface area contributed by atoms with Gasteiger partial charge in [-0.1, -0.05) is 23.8 Å². The van der Waals surface area contributed by atoms with Gasteiger partial charge in [0.25, 0.3) is 0 Å². The van der Waals surface area contributed by atoms with Gasteiger partial charge in [0, 0.05) is 12.6 Å². The average Bonchev–Trinajstić information content (AvgIpc) is 2.90. The third-order valence-corrected chi connectivity index (χ3v) is 5.20. The van der Waals surface area contributed by atoms with Crippen molar-refractivity contribution in [2.75, 3.05) is 7.05 Å². The van der Waals surface area contributed by atoms with Crippen LogP contribution in [-0.2, 0) is 16.6 Å². The maximum absolute atomic E-state index is 12.5. The second-order valence-electron chi connectivity index (χ2n) is 4.35. The zero-order valence-electron chi connectivity index (χ0n) is 11.1. The summed E-state index contributed by atoms with van der Waals surface area (Å²) in [7, 11) is -2.21. The van der Waals surface area contributed by atoms with E-state index in [2.05, 4.69) is 0 Å². The van der Waals surface area contributed by atoms with E-state index in [0.717, 1.165) is 0 Å². The summed E-state index contributed by atoms with van der Waals surface area (Å²) in [6.07, 6.45) is 1.49. The first-order valence-electron chi connectivity index (χ1n) is 5.90. The fraction of sp³-hybridized carbons (Fsp3) is 0.154. The lowest BCUT2D eigenvalue weighted by molar-refractivity contribution is 0.406. The van der Waals surface area contributed by atoms with Crippen molar-refractivity contribution in [1.29, 1.82) is 0 Å². The second-order valence-corrected chi connectivity index (χ2v) is 7.24. The van der Waals surface area contributed by atoms with Crippen molar-refractivity contribution in [2.24, 2.45) is 5.73 Å². The Kier molecular flexibility index (Phi) is 4.67. The van der Waals surface area contributed by atoms with E-state index in [1.807, 2.05) is 0 Å². The molecule has 1 aromatic carbocycles. The molecule has 1 aromatic heterocycles. The summed E-state index contributed by atoms with van der Waals surface area (Å²) < 4.78 is 31.2. The fourth-order valence-corrected chi connectivity index (χ4v) is 3.49. The molecule has 21 heavy (non-hydrogen) atoms. The fourth-order valence-electron chi connectivity index (χ4n) is 1.74. The van der Waals surface area contributed by atoms with Crippen LogP contribution in [0.3, 0.4) is 0 Å². The number of halogens is 1. The maximum atomic E-state index is 12.5. The van der Waals surface area contributed by atoms with Crippen molar-refractivity contribution in [3.63, 3.8) is 0 Å². The summed E-state index contributed by atoms with van der Waals surface area (Å²) in [5, 5.41) is 0.204. The molecule has 0 spiro atoms. The molecule has 8 heteroatoms. The molecule has 0 atom stereocenters. The highest BCUT2D eigenvalue weighted by Gasteiger charge is 2.22. The van der Waals surface area contributed by atoms with E-state index in [1.165, 1.54) is 35.8 Å². The Morgan fingerprint density at radius 1 is 1.43 bits per heavy atom. The van der Waals surface area contributed by atoms with Crippen LogP contribution >= 0.6 is 23.8 Å². The molecule has 1 heterocycles. The van der Waals surface area contributed by atoms with Crippen LogP contribution in [0.25, 0.3) is 0 Å². The molecular formula is C13H13ClN2O3S2. The predicted molar refractivity (Wildman–Crippen MR) is 84.7 cm³/mol. The van der Waals surface area contributed by atoms with Gasteiger partial charge in [-0.2, -0.15) is 4.31 Å². The van der Waals surface area contributed by atoms with Crippen LogP contribution < -0.4 is 5.73 Å². The Hall–Kier alpha value is -1.41. The van der Waals surface area contributed by atoms with E-state index in [0.29, 0.717) is 11.3 Å². The van der Waals surface area contributed by atoms with Gasteiger partial charge in [0.05, 0.1) is 22.7 Å². The van der Waals surface area contributed by atoms with E-state index in [9.17, 15) is 8.42 Å². The van der Waals surface area contributed by atoms with Crippen LogP contribution in [0, 0.1) is 0 Å². The zero-order valence-corrected chi connectivity index (χ0v) is 13.5. The monoisotopic (exact) mass is 344 g/mol. The van der Waals surface area contributed by atoms with E-state index in [1.54, 1.807) is 12.1 Å². The number of nitrogens with two attached hydrogens (primary N) is 1. The number of hydrogen-bond donors (Lipinski definition) is 1. The van der Waals surface area contributed by atoms with Gasteiger partial charge in [-0.05, 0) is 30.3 Å². The van der Waals surface area contributed by atoms with Crippen LogP contribution in [0.15, 0.2) is 45.9 Å². The molecule has 0 unspecified atom stereocenters. The summed E-state index contributed by atoms with van der Waals surface area (Å²) in [6, 6.07) is 7.66. The number of benzene rings is 1. The summed E-state index contributed by atoms with van der Waals surface area (Å²) in [4.78, 5) is 0.189. The van der Waals surface area contributed by atoms with Gasteiger partial charge in [0.2, 0.25) is 10.0 Å². The van der Waals surface area contributed by atoms with Crippen molar-refractivity contribution < 1.29 is 12.8 Å². The minimum absolute atomic E-state index is 0.0709. The summed E-state index contributed by atoms with van der Waals surface area (Å²) in [5.41, 5.74) is 5.94. The van der Waals surface area contributed by atoms with Crippen molar-refractivity contribution in [3.8, 4) is 0 Å². The summed E-state index contributed by atoms with van der Waals surface area (Å²) in [6.45, 7) is 0.129. The van der Waals surface area contributed by atoms with E-state index in [-0.39, 0.29) is 21.5 Å². The Balaban J connectivity index is 2.31. The molecule has 112 valence electrons. The Bertz CT molecular complexity index is 758. The first-order valence-corrected chi connectivity index (χ1v) is 8.13. The number of nitrogens with zero attached hydrogens (tertiary/aromatic N) is 1. The van der Waals surface area contributed by atoms with Crippen molar-refractivity contribution in [2.45, 2.75) is 11.4 Å². The molecule has 0 aliphatic heterocycles. The normalized spacial score (nSPS) is 11.8. The number of thiocarbonyl (C=S) groups is 1. The lowest BCUT2D eigenvalue weighted by Crippen LogP contribution is -2.26. The summed E-state index contributed by atoms with van der Waals surface area (Å²) >= 11 is 10.8. The van der Waals surface area contributed by atoms with E-state index in [4.69, 9.17) is 34.0 Å². The molecule has 0 bridgehead atoms. The first kappa shape index (κ1) is 16.0.